The van der Waals surface area contributed by atoms with Crippen molar-refractivity contribution in [2.45, 2.75) is 38.1 Å². The molecule has 1 aromatic heterocycles. The molecule has 4 heterocycles. The Kier molecular flexibility index (Phi) is 4.04. The number of carbonyl (C=O) groups excluding carboxylic acids is 2. The highest BCUT2D eigenvalue weighted by Gasteiger charge is 2.50. The molecule has 0 bridgehead atoms. The van der Waals surface area contributed by atoms with Crippen molar-refractivity contribution in [2.24, 2.45) is 5.41 Å². The van der Waals surface area contributed by atoms with Gasteiger partial charge in [-0.1, -0.05) is 0 Å². The van der Waals surface area contributed by atoms with Gasteiger partial charge in [0.05, 0.1) is 5.41 Å². The molecule has 3 saturated heterocycles. The third kappa shape index (κ3) is 2.60. The van der Waals surface area contributed by atoms with Gasteiger partial charge in [-0.2, -0.15) is 5.10 Å². The van der Waals surface area contributed by atoms with E-state index < -0.39 is 0 Å². The predicted molar refractivity (Wildman–Crippen MR) is 86.3 cm³/mol. The van der Waals surface area contributed by atoms with Gasteiger partial charge in [0, 0.05) is 45.1 Å². The average molecular weight is 332 g/mol. The summed E-state index contributed by atoms with van der Waals surface area (Å²) in [5.41, 5.74) is 0.114. The van der Waals surface area contributed by atoms with Crippen molar-refractivity contribution < 1.29 is 14.3 Å². The fourth-order valence-electron chi connectivity index (χ4n) is 4.42. The highest BCUT2D eigenvalue weighted by molar-refractivity contribution is 5.93. The molecule has 0 aromatic carbocycles. The largest absolute Gasteiger partial charge is 0.381 e. The molecular weight excluding hydrogens is 308 g/mol. The summed E-state index contributed by atoms with van der Waals surface area (Å²) in [5, 5.41) is 6.57. The number of aromatic nitrogens is 2. The van der Waals surface area contributed by atoms with Crippen LogP contribution >= 0.6 is 0 Å². The molecule has 1 N–H and O–H groups in total. The zero-order chi connectivity index (χ0) is 16.6. The molecule has 3 aliphatic heterocycles. The van der Waals surface area contributed by atoms with Gasteiger partial charge in [0.15, 0.2) is 0 Å². The zero-order valence-electron chi connectivity index (χ0n) is 13.9. The molecule has 0 saturated carbocycles. The van der Waals surface area contributed by atoms with Crippen molar-refractivity contribution in [1.82, 2.24) is 20.0 Å². The van der Waals surface area contributed by atoms with Crippen LogP contribution in [-0.4, -0.2) is 70.7 Å². The molecule has 1 spiro atoms. The first kappa shape index (κ1) is 15.6. The van der Waals surface area contributed by atoms with Gasteiger partial charge in [0.2, 0.25) is 5.91 Å². The summed E-state index contributed by atoms with van der Waals surface area (Å²) >= 11 is 0. The third-order valence-electron chi connectivity index (χ3n) is 5.77. The average Bonchev–Trinajstić information content (AvgIpc) is 3.29. The summed E-state index contributed by atoms with van der Waals surface area (Å²) in [4.78, 5) is 29.7. The molecule has 7 nitrogen and oxygen atoms in total. The van der Waals surface area contributed by atoms with Crippen LogP contribution in [0.1, 0.15) is 42.6 Å². The summed E-state index contributed by atoms with van der Waals surface area (Å²) in [6, 6.07) is 1.99. The molecule has 7 heteroatoms. The lowest BCUT2D eigenvalue weighted by molar-refractivity contribution is -0.150. The molecule has 0 radical (unpaired) electrons. The van der Waals surface area contributed by atoms with E-state index in [1.54, 1.807) is 17.2 Å². The molecule has 3 aliphatic rings. The Morgan fingerprint density at radius 1 is 1.29 bits per heavy atom. The summed E-state index contributed by atoms with van der Waals surface area (Å²) in [6.45, 7) is 3.51. The number of carbonyl (C=O) groups is 2. The van der Waals surface area contributed by atoms with Crippen molar-refractivity contribution in [3.8, 4) is 0 Å². The fourth-order valence-corrected chi connectivity index (χ4v) is 4.42. The first-order chi connectivity index (χ1) is 11.7. The third-order valence-corrected chi connectivity index (χ3v) is 5.77. The Morgan fingerprint density at radius 2 is 2.12 bits per heavy atom. The van der Waals surface area contributed by atoms with Crippen LogP contribution in [-0.2, 0) is 9.53 Å². The Balaban J connectivity index is 1.48. The van der Waals surface area contributed by atoms with Crippen LogP contribution in [0, 0.1) is 5.41 Å². The molecule has 1 atom stereocenters. The highest BCUT2D eigenvalue weighted by Crippen LogP contribution is 2.41. The molecule has 24 heavy (non-hydrogen) atoms. The maximum atomic E-state index is 13.2. The van der Waals surface area contributed by atoms with Crippen LogP contribution in [0.15, 0.2) is 12.3 Å². The summed E-state index contributed by atoms with van der Waals surface area (Å²) in [7, 11) is 0. The van der Waals surface area contributed by atoms with Crippen LogP contribution < -0.4 is 0 Å². The lowest BCUT2D eigenvalue weighted by Gasteiger charge is -2.44. The number of piperidine rings is 1. The van der Waals surface area contributed by atoms with Gasteiger partial charge in [0.1, 0.15) is 5.69 Å². The Morgan fingerprint density at radius 3 is 2.88 bits per heavy atom. The second-order valence-electron chi connectivity index (χ2n) is 7.17. The van der Waals surface area contributed by atoms with Crippen molar-refractivity contribution in [2.75, 3.05) is 32.8 Å². The number of likely N-dealkylation sites (tertiary alicyclic amines) is 2. The number of hydrogen-bond donors (Lipinski definition) is 1. The number of nitrogens with one attached hydrogen (secondary N) is 1. The minimum absolute atomic E-state index is 0.0552. The number of ether oxygens (including phenoxy) is 1. The standard InChI is InChI=1S/C17H24N4O3/c22-15(14-2-7-18-19-14)20-9-6-17(12-20)5-1-8-21(16(17)23)13-3-10-24-11-4-13/h2,7,13H,1,3-6,8-12H2,(H,18,19). The summed E-state index contributed by atoms with van der Waals surface area (Å²) in [6.07, 6.45) is 6.12. The molecule has 1 unspecified atom stereocenters. The van der Waals surface area contributed by atoms with E-state index in [1.807, 2.05) is 0 Å². The lowest BCUT2D eigenvalue weighted by atomic mass is 9.77. The number of aromatic amines is 1. The second-order valence-corrected chi connectivity index (χ2v) is 7.17. The first-order valence-corrected chi connectivity index (χ1v) is 8.87. The maximum absolute atomic E-state index is 13.2. The van der Waals surface area contributed by atoms with Gasteiger partial charge < -0.3 is 14.5 Å². The van der Waals surface area contributed by atoms with Gasteiger partial charge in [-0.25, -0.2) is 0 Å². The van der Waals surface area contributed by atoms with Gasteiger partial charge in [-0.05, 0) is 38.2 Å². The van der Waals surface area contributed by atoms with Crippen LogP contribution in [0.3, 0.4) is 0 Å². The van der Waals surface area contributed by atoms with Gasteiger partial charge in [-0.15, -0.1) is 0 Å². The maximum Gasteiger partial charge on any atom is 0.271 e. The number of rotatable bonds is 2. The molecule has 2 amide bonds. The minimum atomic E-state index is -0.383. The van der Waals surface area contributed by atoms with E-state index in [0.29, 0.717) is 24.8 Å². The topological polar surface area (TPSA) is 78.5 Å². The van der Waals surface area contributed by atoms with E-state index in [4.69, 9.17) is 4.74 Å². The molecule has 130 valence electrons. The van der Waals surface area contributed by atoms with Crippen molar-refractivity contribution in [1.29, 1.82) is 0 Å². The van der Waals surface area contributed by atoms with Gasteiger partial charge in [-0.3, -0.25) is 14.7 Å². The molecule has 0 aliphatic carbocycles. The van der Waals surface area contributed by atoms with Crippen molar-refractivity contribution in [3.05, 3.63) is 18.0 Å². The summed E-state index contributed by atoms with van der Waals surface area (Å²) < 4.78 is 5.43. The molecule has 4 rings (SSSR count). The highest BCUT2D eigenvalue weighted by atomic mass is 16.5. The smallest absolute Gasteiger partial charge is 0.271 e. The monoisotopic (exact) mass is 332 g/mol. The predicted octanol–water partition coefficient (Wildman–Crippen LogP) is 1.04. The van der Waals surface area contributed by atoms with E-state index in [1.165, 1.54) is 0 Å². The Bertz CT molecular complexity index is 611. The number of amides is 2. The number of H-pyrrole nitrogens is 1. The SMILES string of the molecule is O=C(c1ccn[nH]1)N1CCC2(CCCN(C3CCOCC3)C2=O)C1. The number of nitrogens with zero attached hydrogens (tertiary/aromatic N) is 3. The van der Waals surface area contributed by atoms with E-state index in [0.717, 1.165) is 51.9 Å². The quantitative estimate of drug-likeness (QED) is 0.878. The second kappa shape index (κ2) is 6.20. The molecule has 1 aromatic rings. The van der Waals surface area contributed by atoms with Crippen molar-refractivity contribution in [3.63, 3.8) is 0 Å². The molecule has 3 fully saturated rings. The van der Waals surface area contributed by atoms with E-state index >= 15 is 0 Å². The number of hydrogen-bond acceptors (Lipinski definition) is 4. The van der Waals surface area contributed by atoms with Crippen LogP contribution in [0.2, 0.25) is 0 Å². The summed E-state index contributed by atoms with van der Waals surface area (Å²) in [5.74, 6) is 0.195. The fraction of sp³-hybridized carbons (Fsp3) is 0.706. The zero-order valence-corrected chi connectivity index (χ0v) is 13.9. The van der Waals surface area contributed by atoms with Crippen LogP contribution in [0.25, 0.3) is 0 Å². The Labute approximate surface area is 141 Å². The lowest BCUT2D eigenvalue weighted by Crippen LogP contribution is -2.55. The first-order valence-electron chi connectivity index (χ1n) is 8.87. The van der Waals surface area contributed by atoms with Gasteiger partial charge >= 0.3 is 0 Å². The van der Waals surface area contributed by atoms with Crippen LogP contribution in [0.5, 0.6) is 0 Å². The molecular formula is C17H24N4O3. The normalized spacial score (nSPS) is 28.8. The van der Waals surface area contributed by atoms with E-state index in [-0.39, 0.29) is 17.2 Å². The van der Waals surface area contributed by atoms with Crippen molar-refractivity contribution >= 4 is 11.8 Å². The van der Waals surface area contributed by atoms with Crippen LogP contribution in [0.4, 0.5) is 0 Å². The van der Waals surface area contributed by atoms with E-state index in [9.17, 15) is 9.59 Å². The minimum Gasteiger partial charge on any atom is -0.381 e. The Hall–Kier alpha value is -1.89. The van der Waals surface area contributed by atoms with Gasteiger partial charge in [0.25, 0.3) is 5.91 Å². The van der Waals surface area contributed by atoms with E-state index in [2.05, 4.69) is 15.1 Å².